The van der Waals surface area contributed by atoms with Crippen molar-refractivity contribution in [2.45, 2.75) is 25.5 Å². The lowest BCUT2D eigenvalue weighted by molar-refractivity contribution is -0.122. The van der Waals surface area contributed by atoms with Crippen molar-refractivity contribution in [1.82, 2.24) is 9.88 Å². The molecule has 1 N–H and O–H groups in total. The van der Waals surface area contributed by atoms with Gasteiger partial charge < -0.3 is 14.6 Å². The van der Waals surface area contributed by atoms with Gasteiger partial charge in [0.05, 0.1) is 6.10 Å². The van der Waals surface area contributed by atoms with Crippen molar-refractivity contribution < 1.29 is 9.53 Å². The SMILES string of the molecule is O=C(Cn1ccc2ccccc21)NC[C@H]1CCCO1. The van der Waals surface area contributed by atoms with Gasteiger partial charge in [-0.1, -0.05) is 18.2 Å². The van der Waals surface area contributed by atoms with E-state index in [1.807, 2.05) is 35.0 Å². The first-order valence-electron chi connectivity index (χ1n) is 6.75. The Bertz CT molecular complexity index is 570. The second-order valence-corrected chi connectivity index (χ2v) is 4.94. The number of benzene rings is 1. The molecule has 1 amide bonds. The van der Waals surface area contributed by atoms with Crippen LogP contribution >= 0.6 is 0 Å². The fourth-order valence-electron chi connectivity index (χ4n) is 2.52. The van der Waals surface area contributed by atoms with E-state index in [9.17, 15) is 4.79 Å². The Hall–Kier alpha value is -1.81. The van der Waals surface area contributed by atoms with Crippen molar-refractivity contribution in [1.29, 1.82) is 0 Å². The molecule has 0 saturated carbocycles. The Kier molecular flexibility index (Phi) is 3.51. The van der Waals surface area contributed by atoms with Gasteiger partial charge in [-0.3, -0.25) is 4.79 Å². The molecule has 1 aliphatic heterocycles. The zero-order valence-electron chi connectivity index (χ0n) is 10.8. The van der Waals surface area contributed by atoms with Gasteiger partial charge in [-0.15, -0.1) is 0 Å². The highest BCUT2D eigenvalue weighted by atomic mass is 16.5. The van der Waals surface area contributed by atoms with Crippen molar-refractivity contribution in [3.05, 3.63) is 36.5 Å². The Morgan fingerprint density at radius 3 is 3.11 bits per heavy atom. The normalized spacial score (nSPS) is 18.8. The first kappa shape index (κ1) is 12.2. The molecule has 1 atom stereocenters. The summed E-state index contributed by atoms with van der Waals surface area (Å²) in [6.07, 6.45) is 4.30. The molecule has 1 fully saturated rings. The number of hydrogen-bond acceptors (Lipinski definition) is 2. The molecule has 19 heavy (non-hydrogen) atoms. The summed E-state index contributed by atoms with van der Waals surface area (Å²) in [6.45, 7) is 1.81. The molecule has 4 heteroatoms. The van der Waals surface area contributed by atoms with Crippen LogP contribution in [-0.2, 0) is 16.1 Å². The third-order valence-electron chi connectivity index (χ3n) is 3.55. The summed E-state index contributed by atoms with van der Waals surface area (Å²) in [6, 6.07) is 10.1. The van der Waals surface area contributed by atoms with Gasteiger partial charge in [-0.25, -0.2) is 0 Å². The van der Waals surface area contributed by atoms with E-state index >= 15 is 0 Å². The average molecular weight is 258 g/mol. The highest BCUT2D eigenvalue weighted by Crippen LogP contribution is 2.15. The van der Waals surface area contributed by atoms with Crippen LogP contribution in [0.3, 0.4) is 0 Å². The zero-order chi connectivity index (χ0) is 13.1. The van der Waals surface area contributed by atoms with Crippen molar-refractivity contribution in [3.8, 4) is 0 Å². The molecule has 2 aromatic rings. The van der Waals surface area contributed by atoms with Crippen molar-refractivity contribution >= 4 is 16.8 Å². The molecule has 4 nitrogen and oxygen atoms in total. The Morgan fingerprint density at radius 1 is 1.37 bits per heavy atom. The van der Waals surface area contributed by atoms with Crippen molar-refractivity contribution in [3.63, 3.8) is 0 Å². The number of aromatic nitrogens is 1. The number of para-hydroxylation sites is 1. The summed E-state index contributed by atoms with van der Waals surface area (Å²) in [5.74, 6) is 0.0388. The molecule has 0 radical (unpaired) electrons. The number of rotatable bonds is 4. The fraction of sp³-hybridized carbons (Fsp3) is 0.400. The van der Waals surface area contributed by atoms with E-state index in [1.165, 1.54) is 0 Å². The quantitative estimate of drug-likeness (QED) is 0.910. The summed E-state index contributed by atoms with van der Waals surface area (Å²) in [5.41, 5.74) is 1.09. The number of ether oxygens (including phenoxy) is 1. The van der Waals surface area contributed by atoms with Gasteiger partial charge in [0, 0.05) is 24.9 Å². The van der Waals surface area contributed by atoms with Gasteiger partial charge in [0.1, 0.15) is 6.54 Å². The van der Waals surface area contributed by atoms with Gasteiger partial charge in [0.2, 0.25) is 5.91 Å². The van der Waals surface area contributed by atoms with Crippen LogP contribution in [0.1, 0.15) is 12.8 Å². The summed E-state index contributed by atoms with van der Waals surface area (Å²) in [5, 5.41) is 4.10. The molecule has 0 spiro atoms. The molecule has 0 bridgehead atoms. The zero-order valence-corrected chi connectivity index (χ0v) is 10.8. The number of nitrogens with one attached hydrogen (secondary N) is 1. The monoisotopic (exact) mass is 258 g/mol. The largest absolute Gasteiger partial charge is 0.376 e. The Balaban J connectivity index is 1.59. The lowest BCUT2D eigenvalue weighted by Crippen LogP contribution is -2.33. The number of carbonyl (C=O) groups excluding carboxylic acids is 1. The third kappa shape index (κ3) is 2.79. The summed E-state index contributed by atoms with van der Waals surface area (Å²) >= 11 is 0. The standard InChI is InChI=1S/C15H18N2O2/c18-15(16-10-13-5-3-9-19-13)11-17-8-7-12-4-1-2-6-14(12)17/h1-2,4,6-8,13H,3,5,9-11H2,(H,16,18)/t13-/m1/s1. The highest BCUT2D eigenvalue weighted by molar-refractivity contribution is 5.83. The minimum atomic E-state index is 0.0388. The van der Waals surface area contributed by atoms with Crippen LogP contribution in [0, 0.1) is 0 Å². The van der Waals surface area contributed by atoms with E-state index in [2.05, 4.69) is 11.4 Å². The van der Waals surface area contributed by atoms with Crippen LogP contribution in [0.5, 0.6) is 0 Å². The third-order valence-corrected chi connectivity index (χ3v) is 3.55. The minimum absolute atomic E-state index is 0.0388. The number of amides is 1. The predicted molar refractivity (Wildman–Crippen MR) is 73.9 cm³/mol. The van der Waals surface area contributed by atoms with Gasteiger partial charge in [0.15, 0.2) is 0 Å². The van der Waals surface area contributed by atoms with Crippen molar-refractivity contribution in [2.24, 2.45) is 0 Å². The van der Waals surface area contributed by atoms with E-state index in [0.717, 1.165) is 30.4 Å². The predicted octanol–water partition coefficient (Wildman–Crippen LogP) is 1.94. The molecule has 0 aliphatic carbocycles. The second kappa shape index (κ2) is 5.45. The van der Waals surface area contributed by atoms with Gasteiger partial charge in [-0.05, 0) is 30.4 Å². The Labute approximate surface area is 112 Å². The van der Waals surface area contributed by atoms with Crippen LogP contribution in [0.25, 0.3) is 10.9 Å². The molecule has 0 unspecified atom stereocenters. The topological polar surface area (TPSA) is 43.3 Å². The molecule has 100 valence electrons. The number of fused-ring (bicyclic) bond motifs is 1. The van der Waals surface area contributed by atoms with Gasteiger partial charge in [-0.2, -0.15) is 0 Å². The van der Waals surface area contributed by atoms with Crippen LogP contribution < -0.4 is 5.32 Å². The molecule has 1 aliphatic rings. The molecule has 1 aromatic carbocycles. The highest BCUT2D eigenvalue weighted by Gasteiger charge is 2.16. The summed E-state index contributed by atoms with van der Waals surface area (Å²) in [7, 11) is 0. The number of carbonyl (C=O) groups is 1. The molecular weight excluding hydrogens is 240 g/mol. The smallest absolute Gasteiger partial charge is 0.240 e. The van der Waals surface area contributed by atoms with Gasteiger partial charge in [0.25, 0.3) is 0 Å². The first-order chi connectivity index (χ1) is 9.33. The van der Waals surface area contributed by atoms with E-state index in [4.69, 9.17) is 4.74 Å². The van der Waals surface area contributed by atoms with E-state index in [0.29, 0.717) is 13.1 Å². The number of hydrogen-bond donors (Lipinski definition) is 1. The maximum Gasteiger partial charge on any atom is 0.240 e. The molecule has 3 rings (SSSR count). The van der Waals surface area contributed by atoms with E-state index in [1.54, 1.807) is 0 Å². The summed E-state index contributed by atoms with van der Waals surface area (Å²) in [4.78, 5) is 11.9. The average Bonchev–Trinajstić information content (AvgIpc) is 3.07. The van der Waals surface area contributed by atoms with E-state index in [-0.39, 0.29) is 12.0 Å². The number of nitrogens with zero attached hydrogens (tertiary/aromatic N) is 1. The molecule has 1 aromatic heterocycles. The van der Waals surface area contributed by atoms with Crippen LogP contribution in [0.15, 0.2) is 36.5 Å². The summed E-state index contributed by atoms with van der Waals surface area (Å²) < 4.78 is 7.46. The van der Waals surface area contributed by atoms with Crippen LogP contribution in [-0.4, -0.2) is 29.7 Å². The lowest BCUT2D eigenvalue weighted by Gasteiger charge is -2.11. The minimum Gasteiger partial charge on any atom is -0.376 e. The van der Waals surface area contributed by atoms with Crippen LogP contribution in [0.2, 0.25) is 0 Å². The maximum absolute atomic E-state index is 11.9. The van der Waals surface area contributed by atoms with Gasteiger partial charge >= 0.3 is 0 Å². The maximum atomic E-state index is 11.9. The molecular formula is C15H18N2O2. The second-order valence-electron chi connectivity index (χ2n) is 4.94. The van der Waals surface area contributed by atoms with Crippen LogP contribution in [0.4, 0.5) is 0 Å². The first-order valence-corrected chi connectivity index (χ1v) is 6.75. The lowest BCUT2D eigenvalue weighted by atomic mass is 10.2. The van der Waals surface area contributed by atoms with Crippen molar-refractivity contribution in [2.75, 3.05) is 13.2 Å². The Morgan fingerprint density at radius 2 is 2.26 bits per heavy atom. The van der Waals surface area contributed by atoms with E-state index < -0.39 is 0 Å². The molecule has 2 heterocycles. The molecule has 1 saturated heterocycles. The fourth-order valence-corrected chi connectivity index (χ4v) is 2.52.